The Hall–Kier alpha value is -3.87. The molecule has 0 saturated carbocycles. The van der Waals surface area contributed by atoms with Gasteiger partial charge in [-0.25, -0.2) is 9.78 Å². The molecule has 0 bridgehead atoms. The van der Waals surface area contributed by atoms with E-state index in [1.165, 1.54) is 10.5 Å². The molecule has 10 nitrogen and oxygen atoms in total. The minimum atomic E-state index is -1.05. The Morgan fingerprint density at radius 2 is 2.06 bits per heavy atom. The van der Waals surface area contributed by atoms with Crippen molar-refractivity contribution >= 4 is 17.8 Å². The van der Waals surface area contributed by atoms with Crippen molar-refractivity contribution in [3.05, 3.63) is 46.8 Å². The predicted octanol–water partition coefficient (Wildman–Crippen LogP) is 2.21. The smallest absolute Gasteiger partial charge is 0.407 e. The molecule has 5 rings (SSSR count). The van der Waals surface area contributed by atoms with Gasteiger partial charge >= 0.3 is 6.09 Å². The van der Waals surface area contributed by atoms with Gasteiger partial charge in [-0.2, -0.15) is 10.2 Å². The molecule has 2 amide bonds. The number of primary amides is 1. The van der Waals surface area contributed by atoms with E-state index in [9.17, 15) is 20.0 Å². The van der Waals surface area contributed by atoms with E-state index >= 15 is 0 Å². The van der Waals surface area contributed by atoms with Gasteiger partial charge in [0.25, 0.3) is 5.91 Å². The Labute approximate surface area is 197 Å². The first-order valence-electron chi connectivity index (χ1n) is 11.5. The molecule has 3 heterocycles. The van der Waals surface area contributed by atoms with Crippen LogP contribution in [-0.4, -0.2) is 57.7 Å². The molecule has 1 saturated heterocycles. The van der Waals surface area contributed by atoms with Gasteiger partial charge in [0, 0.05) is 19.6 Å². The minimum absolute atomic E-state index is 0.0646. The number of carbonyl (C=O) groups excluding carboxylic acids is 1. The summed E-state index contributed by atoms with van der Waals surface area (Å²) in [4.78, 5) is 35.8. The van der Waals surface area contributed by atoms with Crippen LogP contribution >= 0.6 is 0 Å². The van der Waals surface area contributed by atoms with Crippen molar-refractivity contribution in [2.24, 2.45) is 5.73 Å². The van der Waals surface area contributed by atoms with Crippen LogP contribution in [0.5, 0.6) is 5.88 Å². The third-order valence-electron chi connectivity index (χ3n) is 7.13. The molecule has 34 heavy (non-hydrogen) atoms. The van der Waals surface area contributed by atoms with Gasteiger partial charge in [0.05, 0.1) is 24.1 Å². The van der Waals surface area contributed by atoms with Crippen LogP contribution in [0.4, 0.5) is 10.6 Å². The largest absolute Gasteiger partial charge is 0.466 e. The summed E-state index contributed by atoms with van der Waals surface area (Å²) in [5.74, 6) is 0.00595. The number of ether oxygens (including phenoxy) is 1. The lowest BCUT2D eigenvalue weighted by atomic mass is 9.75. The molecule has 1 aromatic heterocycles. The van der Waals surface area contributed by atoms with Gasteiger partial charge in [0.2, 0.25) is 11.7 Å². The molecule has 176 valence electrons. The van der Waals surface area contributed by atoms with Crippen LogP contribution in [0.2, 0.25) is 0 Å². The van der Waals surface area contributed by atoms with Crippen molar-refractivity contribution in [2.75, 3.05) is 24.5 Å². The fourth-order valence-corrected chi connectivity index (χ4v) is 5.52. The number of benzene rings is 1. The number of nitrogens with zero attached hydrogens (tertiary/aromatic N) is 5. The Morgan fingerprint density at radius 1 is 1.24 bits per heavy atom. The van der Waals surface area contributed by atoms with Crippen LogP contribution in [-0.2, 0) is 18.4 Å². The first-order chi connectivity index (χ1) is 16.4. The van der Waals surface area contributed by atoms with E-state index < -0.39 is 23.6 Å². The molecule has 1 aromatic carbocycles. The SMILES string of the molecule is N#CC[C@H]1CN(c2nc(C(N)=O)nc3c2CCC2(CCCc4ccccc42)O3)CCN1C(=O)O. The Balaban J connectivity index is 1.53. The van der Waals surface area contributed by atoms with E-state index in [1.54, 1.807) is 0 Å². The third kappa shape index (κ3) is 3.67. The number of rotatable bonds is 3. The number of carbonyl (C=O) groups is 2. The third-order valence-corrected chi connectivity index (χ3v) is 7.13. The quantitative estimate of drug-likeness (QED) is 0.706. The Morgan fingerprint density at radius 3 is 2.82 bits per heavy atom. The molecule has 3 aliphatic rings. The highest BCUT2D eigenvalue weighted by molar-refractivity contribution is 5.89. The molecule has 0 radical (unpaired) electrons. The van der Waals surface area contributed by atoms with Crippen molar-refractivity contribution < 1.29 is 19.4 Å². The molecular formula is C24H26N6O4. The number of carboxylic acid groups (broad SMARTS) is 1. The summed E-state index contributed by atoms with van der Waals surface area (Å²) < 4.78 is 6.60. The maximum atomic E-state index is 12.1. The van der Waals surface area contributed by atoms with Gasteiger partial charge in [0.1, 0.15) is 11.4 Å². The van der Waals surface area contributed by atoms with E-state index in [0.29, 0.717) is 24.7 Å². The van der Waals surface area contributed by atoms with Crippen molar-refractivity contribution in [2.45, 2.75) is 50.2 Å². The van der Waals surface area contributed by atoms with Crippen molar-refractivity contribution in [1.82, 2.24) is 14.9 Å². The van der Waals surface area contributed by atoms with E-state index in [2.05, 4.69) is 28.2 Å². The molecule has 2 aromatic rings. The van der Waals surface area contributed by atoms with Crippen LogP contribution in [0.15, 0.2) is 24.3 Å². The second-order valence-electron chi connectivity index (χ2n) is 9.06. The monoisotopic (exact) mass is 462 g/mol. The molecule has 2 atom stereocenters. The number of nitrogens with two attached hydrogens (primary N) is 1. The fourth-order valence-electron chi connectivity index (χ4n) is 5.52. The number of hydrogen-bond acceptors (Lipinski definition) is 7. The average Bonchev–Trinajstić information content (AvgIpc) is 2.83. The maximum absolute atomic E-state index is 12.1. The van der Waals surface area contributed by atoms with E-state index in [-0.39, 0.29) is 25.3 Å². The first kappa shape index (κ1) is 21.9. The number of fused-ring (bicyclic) bond motifs is 3. The molecule has 1 aliphatic carbocycles. The van der Waals surface area contributed by atoms with Gasteiger partial charge < -0.3 is 25.4 Å². The summed E-state index contributed by atoms with van der Waals surface area (Å²) in [7, 11) is 0. The number of hydrogen-bond donors (Lipinski definition) is 2. The summed E-state index contributed by atoms with van der Waals surface area (Å²) in [5.41, 5.74) is 8.28. The van der Waals surface area contributed by atoms with Crippen molar-refractivity contribution in [1.29, 1.82) is 5.26 Å². The van der Waals surface area contributed by atoms with Crippen LogP contribution in [0.3, 0.4) is 0 Å². The van der Waals surface area contributed by atoms with Gasteiger partial charge in [-0.3, -0.25) is 4.79 Å². The lowest BCUT2D eigenvalue weighted by Gasteiger charge is -2.44. The number of amides is 2. The summed E-state index contributed by atoms with van der Waals surface area (Å²) >= 11 is 0. The van der Waals surface area contributed by atoms with Crippen molar-refractivity contribution in [3.63, 3.8) is 0 Å². The zero-order valence-electron chi connectivity index (χ0n) is 18.7. The highest BCUT2D eigenvalue weighted by Gasteiger charge is 2.44. The van der Waals surface area contributed by atoms with Gasteiger partial charge in [-0.15, -0.1) is 0 Å². The summed E-state index contributed by atoms with van der Waals surface area (Å²) in [6.07, 6.45) is 3.28. The zero-order chi connectivity index (χ0) is 23.9. The lowest BCUT2D eigenvalue weighted by Crippen LogP contribution is -2.55. The van der Waals surface area contributed by atoms with E-state index in [0.717, 1.165) is 36.8 Å². The van der Waals surface area contributed by atoms with Crippen LogP contribution in [0.25, 0.3) is 0 Å². The molecule has 1 spiro atoms. The highest BCUT2D eigenvalue weighted by Crippen LogP contribution is 2.47. The Bertz CT molecular complexity index is 1190. The second kappa shape index (κ2) is 8.48. The maximum Gasteiger partial charge on any atom is 0.407 e. The number of piperazine rings is 1. The standard InChI is InChI=1S/C24H26N6O4/c25-11-8-16-14-29(12-13-30(16)23(32)33)21-17-7-10-24(34-22(17)28-20(27-21)19(26)31)9-3-5-15-4-1-2-6-18(15)24/h1-2,4,6,16H,3,5,7-10,12-14H2,(H2,26,31)(H,32,33)/t16-,24?/m0/s1. The van der Waals surface area contributed by atoms with E-state index in [4.69, 9.17) is 10.5 Å². The Kier molecular flexibility index (Phi) is 5.48. The highest BCUT2D eigenvalue weighted by atomic mass is 16.5. The second-order valence-corrected chi connectivity index (χ2v) is 9.06. The topological polar surface area (TPSA) is 146 Å². The summed E-state index contributed by atoms with van der Waals surface area (Å²) in [5, 5.41) is 18.7. The number of aryl methyl sites for hydroxylation is 1. The van der Waals surface area contributed by atoms with Crippen LogP contribution in [0, 0.1) is 11.3 Å². The fraction of sp³-hybridized carbons (Fsp3) is 0.458. The predicted molar refractivity (Wildman–Crippen MR) is 122 cm³/mol. The molecule has 1 unspecified atom stereocenters. The lowest BCUT2D eigenvalue weighted by molar-refractivity contribution is 0.0197. The first-order valence-corrected chi connectivity index (χ1v) is 11.5. The van der Waals surface area contributed by atoms with Crippen LogP contribution in [0.1, 0.15) is 53.0 Å². The van der Waals surface area contributed by atoms with Gasteiger partial charge in [0.15, 0.2) is 0 Å². The number of aromatic nitrogens is 2. The molecule has 2 aliphatic heterocycles. The van der Waals surface area contributed by atoms with Crippen LogP contribution < -0.4 is 15.4 Å². The molecule has 3 N–H and O–H groups in total. The zero-order valence-corrected chi connectivity index (χ0v) is 18.7. The number of anilines is 1. The average molecular weight is 463 g/mol. The van der Waals surface area contributed by atoms with Gasteiger partial charge in [-0.1, -0.05) is 24.3 Å². The minimum Gasteiger partial charge on any atom is -0.466 e. The summed E-state index contributed by atoms with van der Waals surface area (Å²) in [6, 6.07) is 9.86. The normalized spacial score (nSPS) is 23.4. The summed E-state index contributed by atoms with van der Waals surface area (Å²) in [6.45, 7) is 0.893. The van der Waals surface area contributed by atoms with Gasteiger partial charge in [-0.05, 0) is 43.2 Å². The van der Waals surface area contributed by atoms with E-state index in [1.807, 2.05) is 17.0 Å². The number of nitriles is 1. The molecule has 1 fully saturated rings. The van der Waals surface area contributed by atoms with Crippen molar-refractivity contribution in [3.8, 4) is 11.9 Å². The molecule has 10 heteroatoms. The molecular weight excluding hydrogens is 436 g/mol.